The zero-order chi connectivity index (χ0) is 21.1. The summed E-state index contributed by atoms with van der Waals surface area (Å²) < 4.78 is 45.9. The number of ketones is 1. The van der Waals surface area contributed by atoms with E-state index in [1.54, 1.807) is 6.07 Å². The molecule has 1 aromatic carbocycles. The van der Waals surface area contributed by atoms with Gasteiger partial charge in [0.15, 0.2) is 6.61 Å². The van der Waals surface area contributed by atoms with Crippen molar-refractivity contribution in [1.82, 2.24) is 9.29 Å². The van der Waals surface area contributed by atoms with Crippen molar-refractivity contribution in [3.63, 3.8) is 0 Å². The van der Waals surface area contributed by atoms with E-state index in [9.17, 15) is 22.4 Å². The van der Waals surface area contributed by atoms with Crippen LogP contribution in [0.2, 0.25) is 0 Å². The van der Waals surface area contributed by atoms with Crippen LogP contribution in [0.25, 0.3) is 0 Å². The minimum atomic E-state index is -3.99. The molecule has 9 heteroatoms. The molecule has 0 radical (unpaired) electrons. The van der Waals surface area contributed by atoms with Crippen molar-refractivity contribution < 1.29 is 27.1 Å². The summed E-state index contributed by atoms with van der Waals surface area (Å²) >= 11 is 0. The second-order valence-electron chi connectivity index (χ2n) is 6.61. The van der Waals surface area contributed by atoms with Crippen molar-refractivity contribution >= 4 is 21.8 Å². The lowest BCUT2D eigenvalue weighted by Crippen LogP contribution is -2.31. The smallest absolute Gasteiger partial charge is 0.321 e. The summed E-state index contributed by atoms with van der Waals surface area (Å²) in [6, 6.07) is 6.08. The summed E-state index contributed by atoms with van der Waals surface area (Å²) in [4.78, 5) is 24.0. The molecule has 0 aliphatic rings. The largest absolute Gasteiger partial charge is 0.456 e. The Morgan fingerprint density at radius 3 is 2.32 bits per heavy atom. The van der Waals surface area contributed by atoms with Gasteiger partial charge in [-0.25, -0.2) is 12.8 Å². The van der Waals surface area contributed by atoms with Gasteiger partial charge >= 0.3 is 5.97 Å². The first-order valence-electron chi connectivity index (χ1n) is 8.65. The summed E-state index contributed by atoms with van der Waals surface area (Å²) in [7, 11) is -3.99. The Morgan fingerprint density at radius 1 is 1.18 bits per heavy atom. The van der Waals surface area contributed by atoms with Crippen LogP contribution in [0.3, 0.4) is 0 Å². The number of sulfonamides is 1. The van der Waals surface area contributed by atoms with Crippen LogP contribution in [0.1, 0.15) is 41.6 Å². The van der Waals surface area contributed by atoms with Gasteiger partial charge in [-0.2, -0.15) is 4.72 Å². The number of nitrogens with one attached hydrogen (secondary N) is 1. The number of nitrogens with zero attached hydrogens (tertiary/aromatic N) is 1. The van der Waals surface area contributed by atoms with E-state index < -0.39 is 35.0 Å². The van der Waals surface area contributed by atoms with E-state index in [2.05, 4.69) is 4.72 Å². The number of carbonyl (C=O) groups excluding carboxylic acids is 2. The molecule has 0 spiro atoms. The molecular formula is C19H23FN2O5S. The standard InChI is InChI=1S/C19H23FN2O5S/c1-12(2)22-13(3)9-17(14(22)4)18(23)11-27-19(24)10-21-28(25,26)16-7-5-15(20)6-8-16/h5-9,12,21H,10-11H2,1-4H3. The van der Waals surface area contributed by atoms with Gasteiger partial charge in [-0.05, 0) is 58.0 Å². The van der Waals surface area contributed by atoms with E-state index in [0.29, 0.717) is 5.56 Å². The lowest BCUT2D eigenvalue weighted by atomic mass is 10.1. The van der Waals surface area contributed by atoms with Crippen LogP contribution in [0.4, 0.5) is 4.39 Å². The molecule has 1 N–H and O–H groups in total. The fourth-order valence-corrected chi connectivity index (χ4v) is 3.95. The van der Waals surface area contributed by atoms with E-state index in [-0.39, 0.29) is 16.7 Å². The van der Waals surface area contributed by atoms with Crippen molar-refractivity contribution in [3.8, 4) is 0 Å². The molecule has 2 rings (SSSR count). The molecule has 152 valence electrons. The second kappa shape index (κ2) is 8.66. The van der Waals surface area contributed by atoms with Gasteiger partial charge in [0.05, 0.1) is 4.90 Å². The third-order valence-electron chi connectivity index (χ3n) is 4.20. The summed E-state index contributed by atoms with van der Waals surface area (Å²) in [5.74, 6) is -1.83. The minimum Gasteiger partial charge on any atom is -0.456 e. The van der Waals surface area contributed by atoms with Crippen molar-refractivity contribution in [1.29, 1.82) is 0 Å². The molecule has 1 aromatic heterocycles. The number of aromatic nitrogens is 1. The number of Topliss-reactive ketones (excluding diaryl/α,β-unsaturated/α-hetero) is 1. The third-order valence-corrected chi connectivity index (χ3v) is 5.61. The molecule has 0 fully saturated rings. The number of esters is 1. The maximum absolute atomic E-state index is 12.9. The fraction of sp³-hybridized carbons (Fsp3) is 0.368. The zero-order valence-electron chi connectivity index (χ0n) is 16.2. The van der Waals surface area contributed by atoms with Crippen molar-refractivity contribution in [2.75, 3.05) is 13.2 Å². The van der Waals surface area contributed by atoms with E-state index in [4.69, 9.17) is 4.74 Å². The normalized spacial score (nSPS) is 11.6. The third kappa shape index (κ3) is 5.05. The van der Waals surface area contributed by atoms with Crippen LogP contribution in [0.15, 0.2) is 35.2 Å². The first-order chi connectivity index (χ1) is 13.0. The van der Waals surface area contributed by atoms with Gasteiger partial charge < -0.3 is 9.30 Å². The number of ether oxygens (including phenoxy) is 1. The Bertz CT molecular complexity index is 978. The summed E-state index contributed by atoms with van der Waals surface area (Å²) in [6.07, 6.45) is 0. The van der Waals surface area contributed by atoms with E-state index in [1.165, 1.54) is 0 Å². The number of hydrogen-bond donors (Lipinski definition) is 1. The van der Waals surface area contributed by atoms with Crippen LogP contribution in [-0.2, 0) is 19.6 Å². The molecular weight excluding hydrogens is 387 g/mol. The Hall–Kier alpha value is -2.52. The zero-order valence-corrected chi connectivity index (χ0v) is 17.0. The molecule has 0 amide bonds. The molecule has 0 aliphatic heterocycles. The second-order valence-corrected chi connectivity index (χ2v) is 8.38. The monoisotopic (exact) mass is 410 g/mol. The molecule has 0 bridgehead atoms. The Labute approximate surface area is 163 Å². The quantitative estimate of drug-likeness (QED) is 0.533. The first-order valence-corrected chi connectivity index (χ1v) is 10.1. The highest BCUT2D eigenvalue weighted by atomic mass is 32.2. The SMILES string of the molecule is Cc1cc(C(=O)COC(=O)CNS(=O)(=O)c2ccc(F)cc2)c(C)n1C(C)C. The van der Waals surface area contributed by atoms with Crippen LogP contribution in [0, 0.1) is 19.7 Å². The van der Waals surface area contributed by atoms with Gasteiger partial charge in [-0.15, -0.1) is 0 Å². The number of hydrogen-bond acceptors (Lipinski definition) is 5. The maximum Gasteiger partial charge on any atom is 0.321 e. The lowest BCUT2D eigenvalue weighted by Gasteiger charge is -2.13. The maximum atomic E-state index is 12.9. The average molecular weight is 410 g/mol. The summed E-state index contributed by atoms with van der Waals surface area (Å²) in [6.45, 7) is 6.58. The van der Waals surface area contributed by atoms with Crippen LogP contribution >= 0.6 is 0 Å². The molecule has 28 heavy (non-hydrogen) atoms. The first kappa shape index (κ1) is 21.8. The van der Waals surface area contributed by atoms with Crippen LogP contribution < -0.4 is 4.72 Å². The fourth-order valence-electron chi connectivity index (χ4n) is 2.98. The topological polar surface area (TPSA) is 94.5 Å². The molecule has 0 atom stereocenters. The molecule has 0 unspecified atom stereocenters. The highest BCUT2D eigenvalue weighted by Crippen LogP contribution is 2.20. The van der Waals surface area contributed by atoms with Gasteiger partial charge in [0, 0.05) is 23.0 Å². The van der Waals surface area contributed by atoms with Gasteiger partial charge in [0.25, 0.3) is 0 Å². The van der Waals surface area contributed by atoms with Gasteiger partial charge in [0.1, 0.15) is 12.4 Å². The summed E-state index contributed by atoms with van der Waals surface area (Å²) in [5, 5.41) is 0. The van der Waals surface area contributed by atoms with Crippen molar-refractivity contribution in [3.05, 3.63) is 53.1 Å². The van der Waals surface area contributed by atoms with Crippen LogP contribution in [0.5, 0.6) is 0 Å². The van der Waals surface area contributed by atoms with Gasteiger partial charge in [-0.3, -0.25) is 9.59 Å². The Balaban J connectivity index is 1.93. The minimum absolute atomic E-state index is 0.182. The average Bonchev–Trinajstić information content (AvgIpc) is 2.93. The highest BCUT2D eigenvalue weighted by Gasteiger charge is 2.20. The molecule has 0 aliphatic carbocycles. The predicted octanol–water partition coefficient (Wildman–Crippen LogP) is 2.53. The predicted molar refractivity (Wildman–Crippen MR) is 101 cm³/mol. The number of rotatable bonds is 8. The van der Waals surface area contributed by atoms with E-state index in [1.807, 2.05) is 32.3 Å². The molecule has 0 saturated heterocycles. The van der Waals surface area contributed by atoms with Gasteiger partial charge in [-0.1, -0.05) is 0 Å². The number of halogens is 1. The van der Waals surface area contributed by atoms with Crippen molar-refractivity contribution in [2.45, 2.75) is 38.6 Å². The van der Waals surface area contributed by atoms with E-state index in [0.717, 1.165) is 35.7 Å². The lowest BCUT2D eigenvalue weighted by molar-refractivity contribution is -0.141. The Kier molecular flexibility index (Phi) is 6.73. The molecule has 1 heterocycles. The Morgan fingerprint density at radius 2 is 1.79 bits per heavy atom. The number of aryl methyl sites for hydroxylation is 1. The number of benzene rings is 1. The van der Waals surface area contributed by atoms with E-state index >= 15 is 0 Å². The summed E-state index contributed by atoms with van der Waals surface area (Å²) in [5.41, 5.74) is 2.17. The van der Waals surface area contributed by atoms with Gasteiger partial charge in [0.2, 0.25) is 15.8 Å². The van der Waals surface area contributed by atoms with Crippen molar-refractivity contribution in [2.24, 2.45) is 0 Å². The molecule has 2 aromatic rings. The molecule has 0 saturated carbocycles. The molecule has 7 nitrogen and oxygen atoms in total. The van der Waals surface area contributed by atoms with Crippen LogP contribution in [-0.4, -0.2) is 37.9 Å². The highest BCUT2D eigenvalue weighted by molar-refractivity contribution is 7.89. The number of carbonyl (C=O) groups is 2.